The highest BCUT2D eigenvalue weighted by atomic mass is 16.1. The maximum absolute atomic E-state index is 13.3. The summed E-state index contributed by atoms with van der Waals surface area (Å²) in [4.78, 5) is 26.2. The first-order valence-corrected chi connectivity index (χ1v) is 15.2. The largest absolute Gasteiger partial charge is 0.299 e. The zero-order chi connectivity index (χ0) is 25.4. The van der Waals surface area contributed by atoms with E-state index in [1.807, 2.05) is 0 Å². The third-order valence-corrected chi connectivity index (χ3v) is 10.9. The van der Waals surface area contributed by atoms with Crippen LogP contribution in [-0.2, 0) is 24.1 Å². The fourth-order valence-corrected chi connectivity index (χ4v) is 8.12. The lowest BCUT2D eigenvalue weighted by molar-refractivity contribution is -0.122. The monoisotopic (exact) mass is 496 g/mol. The quantitative estimate of drug-likeness (QED) is 0.345. The minimum absolute atomic E-state index is 0.191. The average Bonchev–Trinajstić information content (AvgIpc) is 3.39. The van der Waals surface area contributed by atoms with Gasteiger partial charge in [0.05, 0.1) is 0 Å². The Kier molecular flexibility index (Phi) is 7.12. The SMILES string of the molecule is CC1CCC(Cc2ccc(C(=O)C3CCC4(CC3)CC4CCC(=O)C3Cc4ccccc4C3)cc2)CC1. The molecule has 2 aromatic rings. The summed E-state index contributed by atoms with van der Waals surface area (Å²) in [7, 11) is 0. The molecular weight excluding hydrogens is 452 g/mol. The summed E-state index contributed by atoms with van der Waals surface area (Å²) in [6, 6.07) is 17.2. The van der Waals surface area contributed by atoms with E-state index in [2.05, 4.69) is 55.5 Å². The second-order valence-electron chi connectivity index (χ2n) is 13.3. The normalized spacial score (nSPS) is 31.3. The Balaban J connectivity index is 0.941. The molecule has 2 heteroatoms. The fourth-order valence-electron chi connectivity index (χ4n) is 8.12. The second kappa shape index (κ2) is 10.5. The predicted molar refractivity (Wildman–Crippen MR) is 150 cm³/mol. The molecule has 0 heterocycles. The van der Waals surface area contributed by atoms with E-state index in [0.717, 1.165) is 55.9 Å². The number of carbonyl (C=O) groups is 2. The van der Waals surface area contributed by atoms with Gasteiger partial charge in [0.1, 0.15) is 5.78 Å². The van der Waals surface area contributed by atoms with Gasteiger partial charge in [-0.15, -0.1) is 0 Å². The smallest absolute Gasteiger partial charge is 0.165 e. The standard InChI is InChI=1S/C35H44O2/c1-24-6-8-25(9-7-24)20-26-10-12-27(13-11-26)34(37)28-16-18-35(19-17-28)23-32(35)14-15-33(36)31-21-29-4-2-3-5-30(29)22-31/h2-5,10-13,24-25,28,31-32H,6-9,14-23H2,1H3. The van der Waals surface area contributed by atoms with E-state index >= 15 is 0 Å². The van der Waals surface area contributed by atoms with Crippen LogP contribution in [0.2, 0.25) is 0 Å². The van der Waals surface area contributed by atoms with E-state index < -0.39 is 0 Å². The highest BCUT2D eigenvalue weighted by Gasteiger charge is 2.54. The third kappa shape index (κ3) is 5.50. The lowest BCUT2D eigenvalue weighted by Gasteiger charge is -2.29. The van der Waals surface area contributed by atoms with Crippen LogP contribution in [-0.4, -0.2) is 11.6 Å². The van der Waals surface area contributed by atoms with Gasteiger partial charge in [-0.1, -0.05) is 68.3 Å². The summed E-state index contributed by atoms with van der Waals surface area (Å²) >= 11 is 0. The Morgan fingerprint density at radius 1 is 0.811 bits per heavy atom. The molecule has 37 heavy (non-hydrogen) atoms. The number of fused-ring (bicyclic) bond motifs is 1. The summed E-state index contributed by atoms with van der Waals surface area (Å²) in [5.74, 6) is 3.66. The van der Waals surface area contributed by atoms with Crippen LogP contribution >= 0.6 is 0 Å². The Bertz CT molecular complexity index is 1090. The van der Waals surface area contributed by atoms with Crippen LogP contribution in [0.1, 0.15) is 105 Å². The summed E-state index contributed by atoms with van der Waals surface area (Å²) < 4.78 is 0. The van der Waals surface area contributed by atoms with Crippen LogP contribution in [0.25, 0.3) is 0 Å². The maximum Gasteiger partial charge on any atom is 0.165 e. The minimum atomic E-state index is 0.191. The van der Waals surface area contributed by atoms with Gasteiger partial charge in [0.25, 0.3) is 0 Å². The number of Topliss-reactive ketones (excluding diaryl/α,β-unsaturated/α-hetero) is 2. The van der Waals surface area contributed by atoms with Crippen LogP contribution in [0.5, 0.6) is 0 Å². The molecule has 3 fully saturated rings. The molecule has 1 unspecified atom stereocenters. The van der Waals surface area contributed by atoms with Crippen molar-refractivity contribution in [1.29, 1.82) is 0 Å². The summed E-state index contributed by atoms with van der Waals surface area (Å²) in [5.41, 5.74) is 5.50. The van der Waals surface area contributed by atoms with Crippen molar-refractivity contribution in [3.8, 4) is 0 Å². The van der Waals surface area contributed by atoms with Crippen molar-refractivity contribution in [3.05, 3.63) is 70.8 Å². The lowest BCUT2D eigenvalue weighted by atomic mass is 9.75. The van der Waals surface area contributed by atoms with Gasteiger partial charge in [-0.25, -0.2) is 0 Å². The number of carbonyl (C=O) groups excluding carboxylic acids is 2. The Hall–Kier alpha value is -2.22. The molecule has 0 radical (unpaired) electrons. The Morgan fingerprint density at radius 2 is 1.46 bits per heavy atom. The highest BCUT2D eigenvalue weighted by Crippen LogP contribution is 2.64. The molecule has 0 aliphatic heterocycles. The molecule has 0 N–H and O–H groups in total. The van der Waals surface area contributed by atoms with Crippen LogP contribution < -0.4 is 0 Å². The Labute approximate surface area is 223 Å². The van der Waals surface area contributed by atoms with Gasteiger partial charge in [0.15, 0.2) is 5.78 Å². The van der Waals surface area contributed by atoms with Gasteiger partial charge in [-0.2, -0.15) is 0 Å². The van der Waals surface area contributed by atoms with Crippen molar-refractivity contribution in [2.75, 3.05) is 0 Å². The van der Waals surface area contributed by atoms with Gasteiger partial charge in [-0.05, 0) is 110 Å². The summed E-state index contributed by atoms with van der Waals surface area (Å²) in [6.45, 7) is 2.38. The van der Waals surface area contributed by atoms with E-state index in [4.69, 9.17) is 0 Å². The van der Waals surface area contributed by atoms with E-state index in [1.54, 1.807) is 0 Å². The zero-order valence-electron chi connectivity index (χ0n) is 22.7. The number of hydrogen-bond acceptors (Lipinski definition) is 2. The highest BCUT2D eigenvalue weighted by molar-refractivity contribution is 5.98. The lowest BCUT2D eigenvalue weighted by Crippen LogP contribution is -2.24. The number of hydrogen-bond donors (Lipinski definition) is 0. The third-order valence-electron chi connectivity index (χ3n) is 10.9. The van der Waals surface area contributed by atoms with Crippen LogP contribution in [0.15, 0.2) is 48.5 Å². The van der Waals surface area contributed by atoms with E-state index in [0.29, 0.717) is 22.9 Å². The molecule has 1 spiro atoms. The topological polar surface area (TPSA) is 34.1 Å². The molecule has 1 atom stereocenters. The first-order valence-electron chi connectivity index (χ1n) is 15.2. The molecule has 196 valence electrons. The Morgan fingerprint density at radius 3 is 2.11 bits per heavy atom. The number of ketones is 2. The molecular formula is C35H44O2. The molecule has 0 aromatic heterocycles. The number of rotatable bonds is 8. The molecule has 4 aliphatic rings. The summed E-state index contributed by atoms with van der Waals surface area (Å²) in [5, 5.41) is 0. The molecule has 3 saturated carbocycles. The van der Waals surface area contributed by atoms with Crippen molar-refractivity contribution in [1.82, 2.24) is 0 Å². The molecule has 0 amide bonds. The zero-order valence-corrected chi connectivity index (χ0v) is 22.7. The van der Waals surface area contributed by atoms with Gasteiger partial charge in [0.2, 0.25) is 0 Å². The van der Waals surface area contributed by atoms with E-state index in [-0.39, 0.29) is 11.8 Å². The predicted octanol–water partition coefficient (Wildman–Crippen LogP) is 8.20. The van der Waals surface area contributed by atoms with Gasteiger partial charge in [0, 0.05) is 23.8 Å². The van der Waals surface area contributed by atoms with Gasteiger partial charge in [-0.3, -0.25) is 9.59 Å². The van der Waals surface area contributed by atoms with Crippen molar-refractivity contribution in [3.63, 3.8) is 0 Å². The summed E-state index contributed by atoms with van der Waals surface area (Å²) in [6.07, 6.45) is 16.0. The molecule has 0 bridgehead atoms. The first kappa shape index (κ1) is 25.1. The molecule has 0 saturated heterocycles. The van der Waals surface area contributed by atoms with Crippen molar-refractivity contribution in [2.24, 2.45) is 35.0 Å². The molecule has 4 aliphatic carbocycles. The second-order valence-corrected chi connectivity index (χ2v) is 13.3. The van der Waals surface area contributed by atoms with Crippen LogP contribution in [0.4, 0.5) is 0 Å². The fraction of sp³-hybridized carbons (Fsp3) is 0.600. The van der Waals surface area contributed by atoms with Crippen LogP contribution in [0.3, 0.4) is 0 Å². The maximum atomic E-state index is 13.3. The van der Waals surface area contributed by atoms with Crippen molar-refractivity contribution in [2.45, 2.75) is 96.8 Å². The number of benzene rings is 2. The van der Waals surface area contributed by atoms with Crippen LogP contribution in [0, 0.1) is 35.0 Å². The van der Waals surface area contributed by atoms with Crippen molar-refractivity contribution >= 4 is 11.6 Å². The van der Waals surface area contributed by atoms with E-state index in [9.17, 15) is 9.59 Å². The van der Waals surface area contributed by atoms with E-state index in [1.165, 1.54) is 68.1 Å². The van der Waals surface area contributed by atoms with Gasteiger partial charge < -0.3 is 0 Å². The average molecular weight is 497 g/mol. The van der Waals surface area contributed by atoms with Crippen molar-refractivity contribution < 1.29 is 9.59 Å². The minimum Gasteiger partial charge on any atom is -0.299 e. The first-order chi connectivity index (χ1) is 18.0. The molecule has 2 aromatic carbocycles. The molecule has 6 rings (SSSR count). The van der Waals surface area contributed by atoms with Gasteiger partial charge >= 0.3 is 0 Å². The molecule has 2 nitrogen and oxygen atoms in total.